The number of nitrogens with zero attached hydrogens (tertiary/aromatic N) is 3. The molecule has 1 N–H and O–H groups in total. The molecule has 0 saturated carbocycles. The van der Waals surface area contributed by atoms with E-state index in [2.05, 4.69) is 15.3 Å². The standard InChI is InChI=1S/C22H21FN4O2/c23-18-8-6-16(7-9-18)15-24-20-14-19(22(28)27-10-12-29-13-11-27)25-21(26-20)17-4-2-1-3-5-17/h1-9,14H,10-13,15H2,(H,24,25,26). The van der Waals surface area contributed by atoms with E-state index in [1.54, 1.807) is 23.1 Å². The molecule has 0 unspecified atom stereocenters. The lowest BCUT2D eigenvalue weighted by Gasteiger charge is -2.26. The molecule has 1 aromatic heterocycles. The Balaban J connectivity index is 1.62. The largest absolute Gasteiger partial charge is 0.378 e. The summed E-state index contributed by atoms with van der Waals surface area (Å²) in [4.78, 5) is 23.8. The Morgan fingerprint density at radius 3 is 2.48 bits per heavy atom. The first-order valence-electron chi connectivity index (χ1n) is 9.49. The first kappa shape index (κ1) is 19.0. The molecule has 1 aliphatic heterocycles. The number of carbonyl (C=O) groups is 1. The molecule has 0 radical (unpaired) electrons. The average Bonchev–Trinajstić information content (AvgIpc) is 2.79. The van der Waals surface area contributed by atoms with Gasteiger partial charge in [0.25, 0.3) is 5.91 Å². The minimum absolute atomic E-state index is 0.141. The molecule has 1 fully saturated rings. The molecule has 29 heavy (non-hydrogen) atoms. The lowest BCUT2D eigenvalue weighted by atomic mass is 10.2. The zero-order valence-electron chi connectivity index (χ0n) is 15.8. The zero-order valence-corrected chi connectivity index (χ0v) is 15.8. The van der Waals surface area contributed by atoms with E-state index < -0.39 is 0 Å². The van der Waals surface area contributed by atoms with Crippen molar-refractivity contribution in [1.29, 1.82) is 0 Å². The molecule has 2 aromatic carbocycles. The van der Waals surface area contributed by atoms with E-state index in [4.69, 9.17) is 4.74 Å². The smallest absolute Gasteiger partial charge is 0.272 e. The van der Waals surface area contributed by atoms with E-state index >= 15 is 0 Å². The monoisotopic (exact) mass is 392 g/mol. The Morgan fingerprint density at radius 1 is 1.03 bits per heavy atom. The highest BCUT2D eigenvalue weighted by Gasteiger charge is 2.21. The second-order valence-electron chi connectivity index (χ2n) is 6.71. The van der Waals surface area contributed by atoms with Crippen LogP contribution in [0.5, 0.6) is 0 Å². The number of hydrogen-bond acceptors (Lipinski definition) is 5. The van der Waals surface area contributed by atoms with Crippen molar-refractivity contribution in [2.75, 3.05) is 31.6 Å². The molecule has 148 valence electrons. The number of amides is 1. The Bertz CT molecular complexity index is 974. The third kappa shape index (κ3) is 4.75. The molecule has 7 heteroatoms. The maximum absolute atomic E-state index is 13.1. The fourth-order valence-electron chi connectivity index (χ4n) is 3.09. The first-order chi connectivity index (χ1) is 14.2. The van der Waals surface area contributed by atoms with Gasteiger partial charge >= 0.3 is 0 Å². The van der Waals surface area contributed by atoms with Crippen molar-refractivity contribution in [2.45, 2.75) is 6.54 Å². The van der Waals surface area contributed by atoms with Crippen molar-refractivity contribution < 1.29 is 13.9 Å². The summed E-state index contributed by atoms with van der Waals surface area (Å²) in [6, 6.07) is 17.4. The van der Waals surface area contributed by atoms with Crippen LogP contribution in [0.15, 0.2) is 60.7 Å². The van der Waals surface area contributed by atoms with Crippen LogP contribution in [0.25, 0.3) is 11.4 Å². The van der Waals surface area contributed by atoms with Gasteiger partial charge in [0.1, 0.15) is 17.3 Å². The van der Waals surface area contributed by atoms with Crippen LogP contribution in [0.1, 0.15) is 16.1 Å². The van der Waals surface area contributed by atoms with Crippen molar-refractivity contribution in [2.24, 2.45) is 0 Å². The number of aromatic nitrogens is 2. The summed E-state index contributed by atoms with van der Waals surface area (Å²) < 4.78 is 18.4. The number of benzene rings is 2. The predicted octanol–water partition coefficient (Wildman–Crippen LogP) is 3.37. The van der Waals surface area contributed by atoms with E-state index in [1.165, 1.54) is 12.1 Å². The Labute approximate surface area is 168 Å². The van der Waals surface area contributed by atoms with Gasteiger partial charge in [-0.3, -0.25) is 4.79 Å². The van der Waals surface area contributed by atoms with Gasteiger partial charge in [-0.1, -0.05) is 42.5 Å². The fraction of sp³-hybridized carbons (Fsp3) is 0.227. The number of ether oxygens (including phenoxy) is 1. The first-order valence-corrected chi connectivity index (χ1v) is 9.49. The van der Waals surface area contributed by atoms with Gasteiger partial charge in [0.2, 0.25) is 0 Å². The number of halogens is 1. The molecule has 0 atom stereocenters. The summed E-state index contributed by atoms with van der Waals surface area (Å²) in [6.45, 7) is 2.59. The molecule has 2 heterocycles. The number of nitrogens with one attached hydrogen (secondary N) is 1. The maximum atomic E-state index is 13.1. The van der Waals surface area contributed by atoms with Crippen LogP contribution in [-0.4, -0.2) is 47.1 Å². The summed E-state index contributed by atoms with van der Waals surface area (Å²) in [5.41, 5.74) is 2.07. The van der Waals surface area contributed by atoms with Crippen LogP contribution in [0, 0.1) is 5.82 Å². The number of rotatable bonds is 5. The summed E-state index contributed by atoms with van der Waals surface area (Å²) in [7, 11) is 0. The second kappa shape index (κ2) is 8.79. The van der Waals surface area contributed by atoms with E-state index in [0.29, 0.717) is 50.2 Å². The topological polar surface area (TPSA) is 67.4 Å². The lowest BCUT2D eigenvalue weighted by Crippen LogP contribution is -2.41. The van der Waals surface area contributed by atoms with E-state index in [1.807, 2.05) is 30.3 Å². The Morgan fingerprint density at radius 2 is 1.76 bits per heavy atom. The summed E-state index contributed by atoms with van der Waals surface area (Å²) in [6.07, 6.45) is 0. The van der Waals surface area contributed by atoms with Gasteiger partial charge in [0, 0.05) is 31.3 Å². The molecular formula is C22H21FN4O2. The van der Waals surface area contributed by atoms with Crippen molar-refractivity contribution in [3.63, 3.8) is 0 Å². The highest BCUT2D eigenvalue weighted by Crippen LogP contribution is 2.19. The minimum Gasteiger partial charge on any atom is -0.378 e. The van der Waals surface area contributed by atoms with Crippen molar-refractivity contribution >= 4 is 11.7 Å². The van der Waals surface area contributed by atoms with Crippen molar-refractivity contribution in [3.8, 4) is 11.4 Å². The Hall–Kier alpha value is -3.32. The molecule has 6 nitrogen and oxygen atoms in total. The molecule has 1 saturated heterocycles. The minimum atomic E-state index is -0.277. The van der Waals surface area contributed by atoms with Gasteiger partial charge in [-0.2, -0.15) is 0 Å². The zero-order chi connectivity index (χ0) is 20.1. The summed E-state index contributed by atoms with van der Waals surface area (Å²) >= 11 is 0. The molecule has 3 aromatic rings. The fourth-order valence-corrected chi connectivity index (χ4v) is 3.09. The van der Waals surface area contributed by atoms with E-state index in [-0.39, 0.29) is 11.7 Å². The SMILES string of the molecule is O=C(c1cc(NCc2ccc(F)cc2)nc(-c2ccccc2)n1)N1CCOCC1. The van der Waals surface area contributed by atoms with Crippen LogP contribution in [0.2, 0.25) is 0 Å². The molecule has 1 amide bonds. The molecule has 0 aliphatic carbocycles. The van der Waals surface area contributed by atoms with Crippen LogP contribution >= 0.6 is 0 Å². The van der Waals surface area contributed by atoms with Crippen LogP contribution < -0.4 is 5.32 Å². The molecular weight excluding hydrogens is 371 g/mol. The summed E-state index contributed by atoms with van der Waals surface area (Å²) in [5, 5.41) is 3.22. The molecule has 0 bridgehead atoms. The van der Waals surface area contributed by atoms with Crippen molar-refractivity contribution in [3.05, 3.63) is 77.7 Å². The third-order valence-electron chi connectivity index (χ3n) is 4.66. The van der Waals surface area contributed by atoms with Gasteiger partial charge in [0.05, 0.1) is 13.2 Å². The van der Waals surface area contributed by atoms with Gasteiger partial charge in [-0.25, -0.2) is 14.4 Å². The van der Waals surface area contributed by atoms with Crippen molar-refractivity contribution in [1.82, 2.24) is 14.9 Å². The Kier molecular flexibility index (Phi) is 5.76. The number of carbonyl (C=O) groups excluding carboxylic acids is 1. The van der Waals surface area contributed by atoms with E-state index in [9.17, 15) is 9.18 Å². The van der Waals surface area contributed by atoms with Crippen LogP contribution in [-0.2, 0) is 11.3 Å². The van der Waals surface area contributed by atoms with Gasteiger partial charge in [-0.15, -0.1) is 0 Å². The van der Waals surface area contributed by atoms with Gasteiger partial charge < -0.3 is 15.0 Å². The van der Waals surface area contributed by atoms with Crippen LogP contribution in [0.3, 0.4) is 0 Å². The molecule has 4 rings (SSSR count). The third-order valence-corrected chi connectivity index (χ3v) is 4.66. The van der Waals surface area contributed by atoms with Gasteiger partial charge in [-0.05, 0) is 17.7 Å². The average molecular weight is 392 g/mol. The lowest BCUT2D eigenvalue weighted by molar-refractivity contribution is 0.0299. The normalized spacial score (nSPS) is 13.9. The van der Waals surface area contributed by atoms with Crippen LogP contribution in [0.4, 0.5) is 10.2 Å². The molecule has 1 aliphatic rings. The van der Waals surface area contributed by atoms with Gasteiger partial charge in [0.15, 0.2) is 5.82 Å². The maximum Gasteiger partial charge on any atom is 0.272 e. The highest BCUT2D eigenvalue weighted by molar-refractivity contribution is 5.93. The molecule has 0 spiro atoms. The summed E-state index contributed by atoms with van der Waals surface area (Å²) in [5.74, 6) is 0.601. The number of morpholine rings is 1. The quantitative estimate of drug-likeness (QED) is 0.721. The predicted molar refractivity (Wildman–Crippen MR) is 108 cm³/mol. The second-order valence-corrected chi connectivity index (χ2v) is 6.71. The highest BCUT2D eigenvalue weighted by atomic mass is 19.1. The van der Waals surface area contributed by atoms with E-state index in [0.717, 1.165) is 11.1 Å². The number of hydrogen-bond donors (Lipinski definition) is 1. The number of anilines is 1.